The van der Waals surface area contributed by atoms with Gasteiger partial charge in [-0.15, -0.1) is 0 Å². The molecule has 1 amide bonds. The Labute approximate surface area is 178 Å². The number of nitrogens with zero attached hydrogens (tertiary/aromatic N) is 3. The maximum absolute atomic E-state index is 12.8. The van der Waals surface area contributed by atoms with E-state index in [0.717, 1.165) is 9.99 Å². The molecule has 0 fully saturated rings. The number of carbonyl (C=O) groups is 1. The van der Waals surface area contributed by atoms with Crippen LogP contribution >= 0.6 is 15.9 Å². The van der Waals surface area contributed by atoms with Crippen molar-refractivity contribution in [1.82, 2.24) is 19.2 Å². The van der Waals surface area contributed by atoms with Crippen molar-refractivity contribution in [3.05, 3.63) is 58.3 Å². The van der Waals surface area contributed by atoms with Crippen LogP contribution in [-0.2, 0) is 23.6 Å². The summed E-state index contributed by atoms with van der Waals surface area (Å²) in [5, 5.41) is 2.85. The highest BCUT2D eigenvalue weighted by Crippen LogP contribution is 2.22. The molecule has 1 aromatic heterocycles. The summed E-state index contributed by atoms with van der Waals surface area (Å²) in [6, 6.07) is 11.8. The smallest absolute Gasteiger partial charge is 0.251 e. The Bertz CT molecular complexity index is 1150. The molecule has 0 saturated heterocycles. The summed E-state index contributed by atoms with van der Waals surface area (Å²) in [5.41, 5.74) is 2.00. The van der Waals surface area contributed by atoms with Crippen LogP contribution in [0.5, 0.6) is 0 Å². The Kier molecular flexibility index (Phi) is 6.11. The zero-order valence-corrected chi connectivity index (χ0v) is 19.1. The van der Waals surface area contributed by atoms with E-state index in [1.165, 1.54) is 11.4 Å². The lowest BCUT2D eigenvalue weighted by atomic mass is 10.2. The van der Waals surface area contributed by atoms with Crippen LogP contribution in [0.4, 0.5) is 0 Å². The molecule has 0 aliphatic carbocycles. The van der Waals surface area contributed by atoms with Gasteiger partial charge in [-0.2, -0.15) is 4.31 Å². The molecule has 2 aromatic carbocycles. The van der Waals surface area contributed by atoms with Crippen molar-refractivity contribution in [3.8, 4) is 0 Å². The van der Waals surface area contributed by atoms with Crippen molar-refractivity contribution in [2.45, 2.75) is 31.3 Å². The first-order chi connectivity index (χ1) is 13.6. The predicted octanol–water partition coefficient (Wildman–Crippen LogP) is 3.29. The first-order valence-electron chi connectivity index (χ1n) is 9.07. The Morgan fingerprint density at radius 1 is 1.21 bits per heavy atom. The molecular weight excluding hydrogens is 456 g/mol. The monoisotopic (exact) mass is 478 g/mol. The van der Waals surface area contributed by atoms with Crippen molar-refractivity contribution in [2.75, 3.05) is 7.05 Å². The first kappa shape index (κ1) is 21.5. The largest absolute Gasteiger partial charge is 0.350 e. The minimum absolute atomic E-state index is 0.0370. The quantitative estimate of drug-likeness (QED) is 0.588. The summed E-state index contributed by atoms with van der Waals surface area (Å²) >= 11 is 3.31. The van der Waals surface area contributed by atoms with Gasteiger partial charge in [0.25, 0.3) is 5.91 Å². The number of nitrogens with one attached hydrogen (secondary N) is 1. The van der Waals surface area contributed by atoms with E-state index in [0.29, 0.717) is 16.9 Å². The summed E-state index contributed by atoms with van der Waals surface area (Å²) in [6.07, 6.45) is 0. The third-order valence-electron chi connectivity index (χ3n) is 4.54. The average molecular weight is 479 g/mol. The number of halogens is 1. The normalized spacial score (nSPS) is 12.1. The molecule has 154 valence electrons. The SMILES string of the molecule is CC(C)NC(=O)c1ccc2c(c1)nc(CN(C)S(=O)(=O)c1ccc(Br)cc1)n2C. The number of fused-ring (bicyclic) bond motifs is 1. The molecule has 3 aromatic rings. The topological polar surface area (TPSA) is 84.3 Å². The number of imidazole rings is 1. The molecule has 0 saturated carbocycles. The summed E-state index contributed by atoms with van der Waals surface area (Å²) in [6.45, 7) is 3.91. The third kappa shape index (κ3) is 4.52. The molecular formula is C20H23BrN4O3S. The number of amides is 1. The maximum atomic E-state index is 12.8. The van der Waals surface area contributed by atoms with Crippen molar-refractivity contribution in [2.24, 2.45) is 7.05 Å². The van der Waals surface area contributed by atoms with E-state index in [4.69, 9.17) is 0 Å². The van der Waals surface area contributed by atoms with Crippen LogP contribution in [-0.4, -0.2) is 41.3 Å². The molecule has 7 nitrogen and oxygen atoms in total. The van der Waals surface area contributed by atoms with E-state index in [2.05, 4.69) is 26.2 Å². The second-order valence-electron chi connectivity index (χ2n) is 7.13. The third-order valence-corrected chi connectivity index (χ3v) is 6.89. The summed E-state index contributed by atoms with van der Waals surface area (Å²) in [5.74, 6) is 0.425. The van der Waals surface area contributed by atoms with Crippen LogP contribution in [0.15, 0.2) is 51.8 Å². The van der Waals surface area contributed by atoms with Gasteiger partial charge in [0.05, 0.1) is 22.5 Å². The molecule has 3 rings (SSSR count). The molecule has 1 heterocycles. The average Bonchev–Trinajstić information content (AvgIpc) is 2.96. The fraction of sp³-hybridized carbons (Fsp3) is 0.300. The van der Waals surface area contributed by atoms with Gasteiger partial charge < -0.3 is 9.88 Å². The number of aryl methyl sites for hydroxylation is 1. The first-order valence-corrected chi connectivity index (χ1v) is 11.3. The summed E-state index contributed by atoms with van der Waals surface area (Å²) in [4.78, 5) is 17.0. The lowest BCUT2D eigenvalue weighted by Crippen LogP contribution is -2.29. The number of carbonyl (C=O) groups excluding carboxylic acids is 1. The number of benzene rings is 2. The molecule has 0 atom stereocenters. The van der Waals surface area contributed by atoms with Crippen molar-refractivity contribution in [1.29, 1.82) is 0 Å². The lowest BCUT2D eigenvalue weighted by Gasteiger charge is -2.17. The molecule has 1 N–H and O–H groups in total. The molecule has 0 aliphatic heterocycles. The molecule has 0 spiro atoms. The predicted molar refractivity (Wildman–Crippen MR) is 116 cm³/mol. The fourth-order valence-electron chi connectivity index (χ4n) is 2.95. The van der Waals surface area contributed by atoms with Crippen LogP contribution in [0.2, 0.25) is 0 Å². The van der Waals surface area contributed by atoms with Gasteiger partial charge in [-0.05, 0) is 56.3 Å². The van der Waals surface area contributed by atoms with E-state index in [-0.39, 0.29) is 23.4 Å². The van der Waals surface area contributed by atoms with Crippen LogP contribution in [0.1, 0.15) is 30.0 Å². The highest BCUT2D eigenvalue weighted by atomic mass is 79.9. The highest BCUT2D eigenvalue weighted by Gasteiger charge is 2.23. The van der Waals surface area contributed by atoms with Gasteiger partial charge >= 0.3 is 0 Å². The second kappa shape index (κ2) is 8.25. The van der Waals surface area contributed by atoms with Crippen LogP contribution < -0.4 is 5.32 Å². The van der Waals surface area contributed by atoms with Gasteiger partial charge in [-0.1, -0.05) is 15.9 Å². The fourth-order valence-corrected chi connectivity index (χ4v) is 4.34. The number of aromatic nitrogens is 2. The summed E-state index contributed by atoms with van der Waals surface area (Å²) < 4.78 is 29.6. The van der Waals surface area contributed by atoms with Crippen molar-refractivity contribution in [3.63, 3.8) is 0 Å². The van der Waals surface area contributed by atoms with Gasteiger partial charge in [0.15, 0.2) is 0 Å². The van der Waals surface area contributed by atoms with Crippen LogP contribution in [0.3, 0.4) is 0 Å². The van der Waals surface area contributed by atoms with E-state index < -0.39 is 10.0 Å². The number of rotatable bonds is 6. The number of hydrogen-bond donors (Lipinski definition) is 1. The molecule has 0 bridgehead atoms. The van der Waals surface area contributed by atoms with Crippen molar-refractivity contribution < 1.29 is 13.2 Å². The van der Waals surface area contributed by atoms with Gasteiger partial charge in [0.1, 0.15) is 5.82 Å². The standard InChI is InChI=1S/C20H23BrN4O3S/c1-13(2)22-20(26)14-5-10-18-17(11-14)23-19(25(18)4)12-24(3)29(27,28)16-8-6-15(21)7-9-16/h5-11,13H,12H2,1-4H3,(H,22,26). The van der Waals surface area contributed by atoms with Gasteiger partial charge in [0.2, 0.25) is 10.0 Å². The summed E-state index contributed by atoms with van der Waals surface area (Å²) in [7, 11) is -0.290. The lowest BCUT2D eigenvalue weighted by molar-refractivity contribution is 0.0943. The maximum Gasteiger partial charge on any atom is 0.251 e. The molecule has 9 heteroatoms. The van der Waals surface area contributed by atoms with Crippen molar-refractivity contribution >= 4 is 42.9 Å². The van der Waals surface area contributed by atoms with E-state index >= 15 is 0 Å². The van der Waals surface area contributed by atoms with Crippen LogP contribution in [0.25, 0.3) is 11.0 Å². The van der Waals surface area contributed by atoms with E-state index in [1.54, 1.807) is 36.4 Å². The van der Waals surface area contributed by atoms with Gasteiger partial charge in [-0.25, -0.2) is 13.4 Å². The van der Waals surface area contributed by atoms with Gasteiger partial charge in [-0.3, -0.25) is 4.79 Å². The molecule has 0 radical (unpaired) electrons. The Morgan fingerprint density at radius 3 is 2.48 bits per heavy atom. The molecule has 0 unspecified atom stereocenters. The Morgan fingerprint density at radius 2 is 1.86 bits per heavy atom. The second-order valence-corrected chi connectivity index (χ2v) is 10.1. The molecule has 29 heavy (non-hydrogen) atoms. The van der Waals surface area contributed by atoms with E-state index in [9.17, 15) is 13.2 Å². The minimum Gasteiger partial charge on any atom is -0.350 e. The number of sulfonamides is 1. The zero-order valence-electron chi connectivity index (χ0n) is 16.7. The number of hydrogen-bond acceptors (Lipinski definition) is 4. The zero-order chi connectivity index (χ0) is 21.3. The Balaban J connectivity index is 1.88. The van der Waals surface area contributed by atoms with Crippen LogP contribution in [0, 0.1) is 0 Å². The Hall–Kier alpha value is -2.23. The highest BCUT2D eigenvalue weighted by molar-refractivity contribution is 9.10. The molecule has 0 aliphatic rings. The van der Waals surface area contributed by atoms with Gasteiger partial charge in [0, 0.05) is 30.2 Å². The minimum atomic E-state index is -3.65. The van der Waals surface area contributed by atoms with E-state index in [1.807, 2.05) is 31.5 Å².